The lowest BCUT2D eigenvalue weighted by Gasteiger charge is -2.22. The molecule has 0 aliphatic carbocycles. The number of hydrogen-bond acceptors (Lipinski definition) is 5. The summed E-state index contributed by atoms with van der Waals surface area (Å²) in [6.45, 7) is 0.615. The minimum Gasteiger partial charge on any atom is -0.350 e. The second-order valence-electron chi connectivity index (χ2n) is 6.36. The third-order valence-electron chi connectivity index (χ3n) is 4.26. The molecule has 1 fully saturated rings. The van der Waals surface area contributed by atoms with Crippen LogP contribution >= 0.6 is 11.9 Å². The molecule has 30 heavy (non-hydrogen) atoms. The molecule has 1 unspecified atom stereocenters. The fourth-order valence-electron chi connectivity index (χ4n) is 2.62. The third kappa shape index (κ3) is 5.28. The van der Waals surface area contributed by atoms with Crippen LogP contribution in [0.2, 0.25) is 0 Å². The maximum Gasteiger partial charge on any atom is 0.274 e. The number of hydroxylamine groups is 1. The van der Waals surface area contributed by atoms with Gasteiger partial charge in [0.25, 0.3) is 5.91 Å². The van der Waals surface area contributed by atoms with Gasteiger partial charge in [0.1, 0.15) is 4.90 Å². The summed E-state index contributed by atoms with van der Waals surface area (Å²) in [5.74, 6) is -10.5. The van der Waals surface area contributed by atoms with Gasteiger partial charge in [0.2, 0.25) is 5.82 Å². The molecule has 0 aromatic heterocycles. The van der Waals surface area contributed by atoms with Crippen LogP contribution < -0.4 is 10.2 Å². The van der Waals surface area contributed by atoms with E-state index in [1.807, 2.05) is 0 Å². The number of halogens is 5. The second kappa shape index (κ2) is 10.2. The first-order valence-corrected chi connectivity index (χ1v) is 9.77. The van der Waals surface area contributed by atoms with E-state index in [0.717, 1.165) is 12.8 Å². The molecule has 2 N–H and O–H groups in total. The first-order valence-electron chi connectivity index (χ1n) is 8.96. The first kappa shape index (κ1) is 22.5. The average molecular weight is 448 g/mol. The van der Waals surface area contributed by atoms with Crippen LogP contribution in [-0.4, -0.2) is 18.8 Å². The molecule has 0 spiro atoms. The van der Waals surface area contributed by atoms with E-state index in [2.05, 4.69) is 10.2 Å². The van der Waals surface area contributed by atoms with Crippen LogP contribution in [-0.2, 0) is 16.1 Å². The lowest BCUT2D eigenvalue weighted by molar-refractivity contribution is -0.186. The number of rotatable bonds is 7. The normalized spacial score (nSPS) is 16.5. The van der Waals surface area contributed by atoms with Gasteiger partial charge >= 0.3 is 0 Å². The lowest BCUT2D eigenvalue weighted by Crippen LogP contribution is -2.33. The van der Waals surface area contributed by atoms with Crippen LogP contribution in [0, 0.1) is 29.1 Å². The van der Waals surface area contributed by atoms with Crippen molar-refractivity contribution in [3.8, 4) is 0 Å². The van der Waals surface area contributed by atoms with E-state index in [0.29, 0.717) is 24.2 Å². The summed E-state index contributed by atoms with van der Waals surface area (Å²) < 4.78 is 74.6. The molecule has 1 aliphatic rings. The van der Waals surface area contributed by atoms with Crippen LogP contribution in [0.25, 0.3) is 0 Å². The summed E-state index contributed by atoms with van der Waals surface area (Å²) in [5, 5.41) is 0. The van der Waals surface area contributed by atoms with Gasteiger partial charge in [-0.15, -0.1) is 0 Å². The Labute approximate surface area is 173 Å². The molecular formula is C19H17F5N2O3S. The molecule has 3 rings (SSSR count). The Bertz CT molecular complexity index is 879. The van der Waals surface area contributed by atoms with Crippen molar-refractivity contribution < 1.29 is 36.3 Å². The molecule has 1 saturated heterocycles. The zero-order valence-electron chi connectivity index (χ0n) is 15.4. The van der Waals surface area contributed by atoms with Gasteiger partial charge in [-0.3, -0.25) is 9.52 Å². The minimum absolute atomic E-state index is 0.0402. The van der Waals surface area contributed by atoms with E-state index in [1.165, 1.54) is 12.1 Å². The maximum absolute atomic E-state index is 13.6. The standard InChI is InChI=1S/C19H17F5N2O3S/c20-13-14(21)16(23)18(17(24)15(13)22)30-25-9-10-4-6-11(7-5-10)19(27)26-29-12-3-1-2-8-28-12/h4-7,12,25H,1-3,8-9H2,(H,26,27). The van der Waals surface area contributed by atoms with Gasteiger partial charge in [-0.1, -0.05) is 12.1 Å². The van der Waals surface area contributed by atoms with E-state index in [1.54, 1.807) is 12.1 Å². The van der Waals surface area contributed by atoms with Crippen LogP contribution in [0.15, 0.2) is 29.2 Å². The Morgan fingerprint density at radius 1 is 1.00 bits per heavy atom. The zero-order chi connectivity index (χ0) is 21.7. The number of nitrogens with one attached hydrogen (secondary N) is 2. The van der Waals surface area contributed by atoms with E-state index in [9.17, 15) is 26.7 Å². The number of amides is 1. The molecule has 2 aromatic carbocycles. The molecule has 1 amide bonds. The van der Waals surface area contributed by atoms with Gasteiger partial charge in [0, 0.05) is 25.1 Å². The lowest BCUT2D eigenvalue weighted by atomic mass is 10.1. The molecule has 5 nitrogen and oxygen atoms in total. The van der Waals surface area contributed by atoms with E-state index in [4.69, 9.17) is 9.57 Å². The first-order chi connectivity index (χ1) is 14.4. The van der Waals surface area contributed by atoms with Crippen molar-refractivity contribution in [2.75, 3.05) is 6.61 Å². The number of hydrogen-bond donors (Lipinski definition) is 2. The van der Waals surface area contributed by atoms with E-state index in [-0.39, 0.29) is 18.5 Å². The molecule has 2 aromatic rings. The van der Waals surface area contributed by atoms with Crippen molar-refractivity contribution >= 4 is 17.9 Å². The van der Waals surface area contributed by atoms with Crippen LogP contribution in [0.3, 0.4) is 0 Å². The molecule has 1 atom stereocenters. The van der Waals surface area contributed by atoms with Gasteiger partial charge in [-0.2, -0.15) is 0 Å². The summed E-state index contributed by atoms with van der Waals surface area (Å²) in [6.07, 6.45) is 2.10. The highest BCUT2D eigenvalue weighted by Gasteiger charge is 2.26. The number of ether oxygens (including phenoxy) is 1. The second-order valence-corrected chi connectivity index (χ2v) is 7.27. The van der Waals surface area contributed by atoms with Gasteiger partial charge in [-0.25, -0.2) is 32.3 Å². The van der Waals surface area contributed by atoms with Gasteiger partial charge in [0.05, 0.1) is 0 Å². The smallest absolute Gasteiger partial charge is 0.274 e. The summed E-state index contributed by atoms with van der Waals surface area (Å²) in [6, 6.07) is 6.14. The molecule has 1 aliphatic heterocycles. The Kier molecular flexibility index (Phi) is 7.64. The number of carbonyl (C=O) groups is 1. The monoisotopic (exact) mass is 448 g/mol. The molecule has 0 bridgehead atoms. The predicted molar refractivity (Wildman–Crippen MR) is 97.5 cm³/mol. The molecule has 11 heteroatoms. The fourth-order valence-corrected chi connectivity index (χ4v) is 3.36. The third-order valence-corrected chi connectivity index (χ3v) is 5.11. The minimum atomic E-state index is -2.21. The number of benzene rings is 2. The number of carbonyl (C=O) groups excluding carboxylic acids is 1. The van der Waals surface area contributed by atoms with Crippen molar-refractivity contribution in [1.29, 1.82) is 0 Å². The van der Waals surface area contributed by atoms with Gasteiger partial charge in [0.15, 0.2) is 29.6 Å². The topological polar surface area (TPSA) is 59.6 Å². The van der Waals surface area contributed by atoms with Crippen molar-refractivity contribution in [2.45, 2.75) is 37.0 Å². The average Bonchev–Trinajstić information content (AvgIpc) is 2.78. The quantitative estimate of drug-likeness (QED) is 0.217. The van der Waals surface area contributed by atoms with Crippen LogP contribution in [0.5, 0.6) is 0 Å². The van der Waals surface area contributed by atoms with Gasteiger partial charge < -0.3 is 4.74 Å². The summed E-state index contributed by atoms with van der Waals surface area (Å²) in [7, 11) is 0. The molecular weight excluding hydrogens is 431 g/mol. The maximum atomic E-state index is 13.6. The molecule has 0 saturated carbocycles. The Morgan fingerprint density at radius 3 is 2.23 bits per heavy atom. The summed E-state index contributed by atoms with van der Waals surface area (Å²) in [4.78, 5) is 16.2. The van der Waals surface area contributed by atoms with Crippen molar-refractivity contribution in [2.24, 2.45) is 0 Å². The highest BCUT2D eigenvalue weighted by Crippen LogP contribution is 2.29. The van der Waals surface area contributed by atoms with Crippen molar-refractivity contribution in [3.05, 3.63) is 64.5 Å². The molecule has 1 heterocycles. The van der Waals surface area contributed by atoms with Crippen molar-refractivity contribution in [3.63, 3.8) is 0 Å². The molecule has 162 valence electrons. The summed E-state index contributed by atoms with van der Waals surface area (Å²) >= 11 is 0.280. The van der Waals surface area contributed by atoms with Crippen molar-refractivity contribution in [1.82, 2.24) is 10.2 Å². The zero-order valence-corrected chi connectivity index (χ0v) is 16.3. The fraction of sp³-hybridized carbons (Fsp3) is 0.316. The molecule has 0 radical (unpaired) electrons. The summed E-state index contributed by atoms with van der Waals surface area (Å²) in [5.41, 5.74) is 3.23. The Balaban J connectivity index is 1.52. The Morgan fingerprint density at radius 2 is 1.63 bits per heavy atom. The SMILES string of the molecule is O=C(NOC1CCCCO1)c1ccc(CNSc2c(F)c(F)c(F)c(F)c2F)cc1. The highest BCUT2D eigenvalue weighted by atomic mass is 32.2. The van der Waals surface area contributed by atoms with Gasteiger partial charge in [-0.05, 0) is 42.5 Å². The van der Waals surface area contributed by atoms with E-state index < -0.39 is 46.2 Å². The van der Waals surface area contributed by atoms with Crippen LogP contribution in [0.1, 0.15) is 35.2 Å². The largest absolute Gasteiger partial charge is 0.350 e. The Hall–Kier alpha value is -2.21. The van der Waals surface area contributed by atoms with E-state index >= 15 is 0 Å². The van der Waals surface area contributed by atoms with Crippen LogP contribution in [0.4, 0.5) is 22.0 Å². The highest BCUT2D eigenvalue weighted by molar-refractivity contribution is 7.97. The predicted octanol–water partition coefficient (Wildman–Crippen LogP) is 4.37.